The Bertz CT molecular complexity index is 470. The first-order valence-electron chi connectivity index (χ1n) is 6.30. The van der Waals surface area contributed by atoms with Crippen molar-refractivity contribution in [2.24, 2.45) is 0 Å². The third kappa shape index (κ3) is 4.69. The molecule has 0 saturated carbocycles. The topological polar surface area (TPSA) is 71.1 Å². The first kappa shape index (κ1) is 15.1. The molecule has 0 fully saturated rings. The maximum Gasteiger partial charge on any atom is 0.270 e. The van der Waals surface area contributed by atoms with Crippen molar-refractivity contribution in [3.63, 3.8) is 0 Å². The average molecular weight is 263 g/mol. The highest BCUT2D eigenvalue weighted by atomic mass is 16.2. The van der Waals surface area contributed by atoms with Gasteiger partial charge >= 0.3 is 0 Å². The Labute approximate surface area is 113 Å². The largest absolute Gasteiger partial charge is 0.359 e. The molecule has 1 heterocycles. The van der Waals surface area contributed by atoms with Gasteiger partial charge in [-0.25, -0.2) is 0 Å². The highest BCUT2D eigenvalue weighted by Crippen LogP contribution is 2.13. The molecule has 1 aromatic rings. The van der Waals surface area contributed by atoms with Gasteiger partial charge in [0.05, 0.1) is 0 Å². The highest BCUT2D eigenvalue weighted by molar-refractivity contribution is 5.94. The summed E-state index contributed by atoms with van der Waals surface area (Å²) in [5.41, 5.74) is 0.811. The number of hydrogen-bond acceptors (Lipinski definition) is 3. The predicted molar refractivity (Wildman–Crippen MR) is 73.8 cm³/mol. The summed E-state index contributed by atoms with van der Waals surface area (Å²) in [6.07, 6.45) is 2.55. The van der Waals surface area contributed by atoms with E-state index in [2.05, 4.69) is 15.6 Å². The molecule has 0 aliphatic rings. The molecule has 0 unspecified atom stereocenters. The van der Waals surface area contributed by atoms with E-state index in [0.717, 1.165) is 5.56 Å². The normalized spacial score (nSPS) is 10.9. The monoisotopic (exact) mass is 263 g/mol. The number of rotatable bonds is 5. The van der Waals surface area contributed by atoms with Gasteiger partial charge < -0.3 is 10.6 Å². The number of hydrogen-bond donors (Lipinski definition) is 2. The Morgan fingerprint density at radius 3 is 2.63 bits per heavy atom. The van der Waals surface area contributed by atoms with Crippen LogP contribution < -0.4 is 10.6 Å². The third-order valence-corrected chi connectivity index (χ3v) is 2.93. The summed E-state index contributed by atoms with van der Waals surface area (Å²) in [6.45, 7) is 5.64. The van der Waals surface area contributed by atoms with Crippen molar-refractivity contribution < 1.29 is 9.59 Å². The van der Waals surface area contributed by atoms with Gasteiger partial charge in [-0.3, -0.25) is 14.6 Å². The SMILES string of the molecule is CNC(=O)CCC(C)(C)NC(=O)c1ncccc1C. The maximum atomic E-state index is 12.1. The Kier molecular flexibility index (Phi) is 5.03. The van der Waals surface area contributed by atoms with Crippen LogP contribution in [0.4, 0.5) is 0 Å². The minimum absolute atomic E-state index is 0.0312. The minimum atomic E-state index is -0.451. The lowest BCUT2D eigenvalue weighted by Crippen LogP contribution is -2.44. The van der Waals surface area contributed by atoms with Crippen LogP contribution in [0.2, 0.25) is 0 Å². The highest BCUT2D eigenvalue weighted by Gasteiger charge is 2.23. The van der Waals surface area contributed by atoms with Crippen molar-refractivity contribution >= 4 is 11.8 Å². The molecule has 0 saturated heterocycles. The third-order valence-electron chi connectivity index (χ3n) is 2.93. The summed E-state index contributed by atoms with van der Waals surface area (Å²) in [6, 6.07) is 3.64. The van der Waals surface area contributed by atoms with E-state index in [1.54, 1.807) is 19.3 Å². The lowest BCUT2D eigenvalue weighted by atomic mass is 9.97. The van der Waals surface area contributed by atoms with Gasteiger partial charge in [0.2, 0.25) is 5.91 Å². The van der Waals surface area contributed by atoms with Crippen LogP contribution in [0.25, 0.3) is 0 Å². The van der Waals surface area contributed by atoms with E-state index in [-0.39, 0.29) is 11.8 Å². The molecule has 0 bridgehead atoms. The number of carbonyl (C=O) groups is 2. The zero-order valence-corrected chi connectivity index (χ0v) is 11.9. The van der Waals surface area contributed by atoms with E-state index in [9.17, 15) is 9.59 Å². The maximum absolute atomic E-state index is 12.1. The molecule has 19 heavy (non-hydrogen) atoms. The number of nitrogens with zero attached hydrogens (tertiary/aromatic N) is 1. The lowest BCUT2D eigenvalue weighted by molar-refractivity contribution is -0.121. The molecule has 0 aliphatic carbocycles. The molecule has 5 nitrogen and oxygen atoms in total. The Balaban J connectivity index is 2.65. The van der Waals surface area contributed by atoms with Crippen LogP contribution in [-0.2, 0) is 4.79 Å². The van der Waals surface area contributed by atoms with Gasteiger partial charge in [0.1, 0.15) is 5.69 Å². The lowest BCUT2D eigenvalue weighted by Gasteiger charge is -2.26. The molecule has 104 valence electrons. The molecular formula is C14H21N3O2. The molecule has 0 atom stereocenters. The molecule has 1 rings (SSSR count). The summed E-state index contributed by atoms with van der Waals surface area (Å²) in [7, 11) is 1.60. The fourth-order valence-corrected chi connectivity index (χ4v) is 1.70. The van der Waals surface area contributed by atoms with E-state index in [1.165, 1.54) is 0 Å². The second-order valence-corrected chi connectivity index (χ2v) is 5.18. The van der Waals surface area contributed by atoms with Crippen molar-refractivity contribution in [3.05, 3.63) is 29.6 Å². The van der Waals surface area contributed by atoms with Crippen LogP contribution in [0.1, 0.15) is 42.7 Å². The first-order valence-corrected chi connectivity index (χ1v) is 6.30. The van der Waals surface area contributed by atoms with Gasteiger partial charge in [-0.15, -0.1) is 0 Å². The van der Waals surface area contributed by atoms with E-state index in [1.807, 2.05) is 26.8 Å². The molecule has 0 aliphatic heterocycles. The number of aryl methyl sites for hydroxylation is 1. The van der Waals surface area contributed by atoms with Crippen molar-refractivity contribution in [1.29, 1.82) is 0 Å². The van der Waals surface area contributed by atoms with Crippen LogP contribution in [0.15, 0.2) is 18.3 Å². The predicted octanol–water partition coefficient (Wildman–Crippen LogP) is 1.42. The fourth-order valence-electron chi connectivity index (χ4n) is 1.70. The van der Waals surface area contributed by atoms with Gasteiger partial charge in [0, 0.05) is 25.2 Å². The quantitative estimate of drug-likeness (QED) is 0.844. The Morgan fingerprint density at radius 1 is 1.37 bits per heavy atom. The van der Waals surface area contributed by atoms with Crippen molar-refractivity contribution in [2.45, 2.75) is 39.2 Å². The molecule has 0 spiro atoms. The van der Waals surface area contributed by atoms with Crippen LogP contribution in [-0.4, -0.2) is 29.4 Å². The molecule has 5 heteroatoms. The minimum Gasteiger partial charge on any atom is -0.359 e. The Morgan fingerprint density at radius 2 is 2.05 bits per heavy atom. The van der Waals surface area contributed by atoms with E-state index < -0.39 is 5.54 Å². The van der Waals surface area contributed by atoms with Crippen LogP contribution in [0, 0.1) is 6.92 Å². The van der Waals surface area contributed by atoms with Crippen LogP contribution >= 0.6 is 0 Å². The van der Waals surface area contributed by atoms with Gasteiger partial charge in [0.15, 0.2) is 0 Å². The van der Waals surface area contributed by atoms with Crippen LogP contribution in [0.5, 0.6) is 0 Å². The second-order valence-electron chi connectivity index (χ2n) is 5.18. The number of nitrogens with one attached hydrogen (secondary N) is 2. The summed E-state index contributed by atoms with van der Waals surface area (Å²) in [5, 5.41) is 5.48. The zero-order valence-electron chi connectivity index (χ0n) is 11.9. The van der Waals surface area contributed by atoms with E-state index >= 15 is 0 Å². The zero-order chi connectivity index (χ0) is 14.5. The molecule has 0 radical (unpaired) electrons. The number of pyridine rings is 1. The molecular weight excluding hydrogens is 242 g/mol. The smallest absolute Gasteiger partial charge is 0.270 e. The first-order chi connectivity index (χ1) is 8.85. The van der Waals surface area contributed by atoms with Gasteiger partial charge in [0.25, 0.3) is 5.91 Å². The fraction of sp³-hybridized carbons (Fsp3) is 0.500. The molecule has 2 N–H and O–H groups in total. The summed E-state index contributed by atoms with van der Waals surface area (Å²) in [4.78, 5) is 27.4. The van der Waals surface area contributed by atoms with Gasteiger partial charge in [-0.1, -0.05) is 6.07 Å². The van der Waals surface area contributed by atoms with Crippen molar-refractivity contribution in [1.82, 2.24) is 15.6 Å². The second kappa shape index (κ2) is 6.31. The van der Waals surface area contributed by atoms with Gasteiger partial charge in [-0.2, -0.15) is 0 Å². The molecule has 1 aromatic heterocycles. The molecule has 0 aromatic carbocycles. The molecule has 2 amide bonds. The van der Waals surface area contributed by atoms with Gasteiger partial charge in [-0.05, 0) is 38.8 Å². The summed E-state index contributed by atoms with van der Waals surface area (Å²) >= 11 is 0. The van der Waals surface area contributed by atoms with E-state index in [4.69, 9.17) is 0 Å². The summed E-state index contributed by atoms with van der Waals surface area (Å²) in [5.74, 6) is -0.239. The van der Waals surface area contributed by atoms with Crippen molar-refractivity contribution in [2.75, 3.05) is 7.05 Å². The van der Waals surface area contributed by atoms with E-state index in [0.29, 0.717) is 18.5 Å². The Hall–Kier alpha value is -1.91. The standard InChI is InChI=1S/C14H21N3O2/c1-10-6-5-9-16-12(10)13(19)17-14(2,3)8-7-11(18)15-4/h5-6,9H,7-8H2,1-4H3,(H,15,18)(H,17,19). The van der Waals surface area contributed by atoms with Crippen molar-refractivity contribution in [3.8, 4) is 0 Å². The van der Waals surface area contributed by atoms with Crippen LogP contribution in [0.3, 0.4) is 0 Å². The average Bonchev–Trinajstić information content (AvgIpc) is 2.36. The number of amides is 2. The summed E-state index contributed by atoms with van der Waals surface area (Å²) < 4.78 is 0. The number of aromatic nitrogens is 1. The number of carbonyl (C=O) groups excluding carboxylic acids is 2.